The van der Waals surface area contributed by atoms with Crippen LogP contribution in [-0.2, 0) is 4.79 Å². The summed E-state index contributed by atoms with van der Waals surface area (Å²) in [5, 5.41) is 0.791. The minimum absolute atomic E-state index is 0.171. The molecule has 1 aromatic carbocycles. The molecule has 15 heavy (non-hydrogen) atoms. The van der Waals surface area contributed by atoms with Crippen LogP contribution in [0.3, 0.4) is 0 Å². The lowest BCUT2D eigenvalue weighted by atomic mass is 10.2. The number of carbonyl (C=O) groups is 1. The molecule has 2 N–H and O–H groups in total. The number of nitrogens with two attached hydrogens (primary N) is 1. The highest BCUT2D eigenvalue weighted by atomic mass is 35.5. The zero-order valence-corrected chi connectivity index (χ0v) is 10.3. The molecule has 0 heterocycles. The largest absolute Gasteiger partial charge is 0.369 e. The van der Waals surface area contributed by atoms with Crippen molar-refractivity contribution in [1.29, 1.82) is 0 Å². The average Bonchev–Trinajstić information content (AvgIpc) is 2.18. The van der Waals surface area contributed by atoms with Gasteiger partial charge in [-0.1, -0.05) is 23.7 Å². The van der Waals surface area contributed by atoms with Gasteiger partial charge in [0.25, 0.3) is 0 Å². The van der Waals surface area contributed by atoms with Gasteiger partial charge in [-0.15, -0.1) is 11.8 Å². The first-order valence-electron chi connectivity index (χ1n) is 4.71. The molecule has 0 bridgehead atoms. The van der Waals surface area contributed by atoms with Crippen LogP contribution >= 0.6 is 23.4 Å². The molecule has 82 valence electrons. The van der Waals surface area contributed by atoms with E-state index >= 15 is 0 Å². The predicted molar refractivity (Wildman–Crippen MR) is 66.1 cm³/mol. The second-order valence-electron chi connectivity index (χ2n) is 3.37. The Morgan fingerprint density at radius 3 is 2.33 bits per heavy atom. The molecule has 0 saturated carbocycles. The van der Waals surface area contributed by atoms with Crippen LogP contribution in [0, 0.1) is 0 Å². The predicted octanol–water partition coefficient (Wildman–Crippen LogP) is 3.01. The lowest BCUT2D eigenvalue weighted by Crippen LogP contribution is -2.23. The van der Waals surface area contributed by atoms with Gasteiger partial charge in [0, 0.05) is 10.3 Å². The molecule has 0 unspecified atom stereocenters. The number of halogens is 1. The second kappa shape index (κ2) is 5.42. The van der Waals surface area contributed by atoms with Crippen molar-refractivity contribution in [1.82, 2.24) is 0 Å². The number of benzene rings is 1. The first-order chi connectivity index (χ1) is 7.00. The van der Waals surface area contributed by atoms with E-state index in [1.807, 2.05) is 38.1 Å². The highest BCUT2D eigenvalue weighted by Crippen LogP contribution is 2.31. The maximum Gasteiger partial charge on any atom is 0.230 e. The van der Waals surface area contributed by atoms with Crippen molar-refractivity contribution >= 4 is 29.3 Å². The summed E-state index contributed by atoms with van der Waals surface area (Å²) in [7, 11) is 0. The third kappa shape index (κ3) is 3.76. The molecule has 0 aromatic heterocycles. The molecule has 0 radical (unpaired) electrons. The van der Waals surface area contributed by atoms with E-state index in [2.05, 4.69) is 0 Å². The summed E-state index contributed by atoms with van der Waals surface area (Å²) >= 11 is 7.34. The van der Waals surface area contributed by atoms with Crippen molar-refractivity contribution < 1.29 is 4.79 Å². The first kappa shape index (κ1) is 12.4. The van der Waals surface area contributed by atoms with Crippen molar-refractivity contribution in [2.24, 2.45) is 5.73 Å². The molecule has 1 rings (SSSR count). The monoisotopic (exact) mass is 243 g/mol. The molecule has 2 atom stereocenters. The summed E-state index contributed by atoms with van der Waals surface area (Å²) < 4.78 is 0. The molecule has 0 aliphatic heterocycles. The molecule has 0 saturated heterocycles. The van der Waals surface area contributed by atoms with Gasteiger partial charge < -0.3 is 5.73 Å². The Balaban J connectivity index is 2.64. The summed E-state index contributed by atoms with van der Waals surface area (Å²) in [6, 6.07) is 7.63. The van der Waals surface area contributed by atoms with Gasteiger partial charge in [0.05, 0.1) is 5.25 Å². The molecular weight excluding hydrogens is 230 g/mol. The van der Waals surface area contributed by atoms with E-state index in [0.717, 1.165) is 10.6 Å². The number of amides is 1. The highest BCUT2D eigenvalue weighted by Gasteiger charge is 2.14. The van der Waals surface area contributed by atoms with Crippen LogP contribution in [0.1, 0.15) is 24.7 Å². The minimum Gasteiger partial charge on any atom is -0.369 e. The first-order valence-corrected chi connectivity index (χ1v) is 6.03. The molecule has 1 aromatic rings. The fourth-order valence-corrected chi connectivity index (χ4v) is 2.37. The van der Waals surface area contributed by atoms with E-state index in [1.165, 1.54) is 0 Å². The number of carbonyl (C=O) groups excluding carboxylic acids is 1. The van der Waals surface area contributed by atoms with Gasteiger partial charge in [0.1, 0.15) is 0 Å². The number of rotatable bonds is 4. The summed E-state index contributed by atoms with van der Waals surface area (Å²) in [4.78, 5) is 10.9. The summed E-state index contributed by atoms with van der Waals surface area (Å²) in [5.41, 5.74) is 6.36. The van der Waals surface area contributed by atoms with Crippen molar-refractivity contribution in [3.8, 4) is 0 Å². The molecule has 0 aliphatic rings. The second-order valence-corrected chi connectivity index (χ2v) is 5.50. The van der Waals surface area contributed by atoms with Gasteiger partial charge in [-0.3, -0.25) is 4.79 Å². The van der Waals surface area contributed by atoms with Crippen LogP contribution in [-0.4, -0.2) is 11.2 Å². The van der Waals surface area contributed by atoms with Crippen molar-refractivity contribution in [2.75, 3.05) is 0 Å². The van der Waals surface area contributed by atoms with Crippen LogP contribution in [0.4, 0.5) is 0 Å². The van der Waals surface area contributed by atoms with Crippen LogP contribution < -0.4 is 5.73 Å². The lowest BCUT2D eigenvalue weighted by Gasteiger charge is -2.14. The maximum atomic E-state index is 10.9. The van der Waals surface area contributed by atoms with Gasteiger partial charge in [-0.2, -0.15) is 0 Å². The van der Waals surface area contributed by atoms with E-state index in [-0.39, 0.29) is 16.4 Å². The normalized spacial score (nSPS) is 14.6. The Labute approximate surface area is 99.2 Å². The van der Waals surface area contributed by atoms with E-state index in [9.17, 15) is 4.79 Å². The third-order valence-corrected chi connectivity index (χ3v) is 3.72. The molecule has 0 aliphatic carbocycles. The zero-order valence-electron chi connectivity index (χ0n) is 8.74. The van der Waals surface area contributed by atoms with Crippen molar-refractivity contribution in [3.63, 3.8) is 0 Å². The van der Waals surface area contributed by atoms with Crippen LogP contribution in [0.2, 0.25) is 5.02 Å². The molecule has 2 nitrogen and oxygen atoms in total. The van der Waals surface area contributed by atoms with Crippen LogP contribution in [0.5, 0.6) is 0 Å². The SMILES string of the molecule is C[C@H](S[C@H](C)C(N)=O)c1ccc(Cl)cc1. The Kier molecular flexibility index (Phi) is 4.48. The van der Waals surface area contributed by atoms with Gasteiger partial charge in [0.2, 0.25) is 5.91 Å². The zero-order chi connectivity index (χ0) is 11.4. The maximum absolute atomic E-state index is 10.9. The molecule has 1 amide bonds. The number of hydrogen-bond acceptors (Lipinski definition) is 2. The average molecular weight is 244 g/mol. The van der Waals surface area contributed by atoms with E-state index in [0.29, 0.717) is 0 Å². The van der Waals surface area contributed by atoms with Crippen molar-refractivity contribution in [2.45, 2.75) is 24.3 Å². The Morgan fingerprint density at radius 1 is 1.33 bits per heavy atom. The molecular formula is C11H14ClNOS. The minimum atomic E-state index is -0.277. The summed E-state index contributed by atoms with van der Waals surface area (Å²) in [5.74, 6) is -0.277. The van der Waals surface area contributed by atoms with Crippen molar-refractivity contribution in [3.05, 3.63) is 34.9 Å². The topological polar surface area (TPSA) is 43.1 Å². The molecule has 0 spiro atoms. The van der Waals surface area contributed by atoms with E-state index in [4.69, 9.17) is 17.3 Å². The fourth-order valence-electron chi connectivity index (χ4n) is 1.19. The third-order valence-electron chi connectivity index (χ3n) is 2.15. The Hall–Kier alpha value is -0.670. The van der Waals surface area contributed by atoms with E-state index in [1.54, 1.807) is 11.8 Å². The van der Waals surface area contributed by atoms with E-state index < -0.39 is 0 Å². The Bertz CT molecular complexity index is 339. The van der Waals surface area contributed by atoms with Gasteiger partial charge in [-0.05, 0) is 31.5 Å². The standard InChI is InChI=1S/C11H14ClNOS/c1-7(15-8(2)11(13)14)9-3-5-10(12)6-4-9/h3-8H,1-2H3,(H2,13,14)/t7-,8+/m0/s1. The molecule has 0 fully saturated rings. The number of primary amides is 1. The van der Waals surface area contributed by atoms with Gasteiger partial charge in [0.15, 0.2) is 0 Å². The highest BCUT2D eigenvalue weighted by molar-refractivity contribution is 8.00. The molecule has 4 heteroatoms. The fraction of sp³-hybridized carbons (Fsp3) is 0.364. The quantitative estimate of drug-likeness (QED) is 0.884. The summed E-state index contributed by atoms with van der Waals surface area (Å²) in [6.45, 7) is 3.87. The Morgan fingerprint density at radius 2 is 1.87 bits per heavy atom. The van der Waals surface area contributed by atoms with Gasteiger partial charge >= 0.3 is 0 Å². The number of thioether (sulfide) groups is 1. The summed E-state index contributed by atoms with van der Waals surface area (Å²) in [6.07, 6.45) is 0. The smallest absolute Gasteiger partial charge is 0.230 e. The lowest BCUT2D eigenvalue weighted by molar-refractivity contribution is -0.117. The van der Waals surface area contributed by atoms with Gasteiger partial charge in [-0.25, -0.2) is 0 Å². The van der Waals surface area contributed by atoms with Crippen LogP contribution in [0.15, 0.2) is 24.3 Å². The van der Waals surface area contributed by atoms with Crippen LogP contribution in [0.25, 0.3) is 0 Å². The number of hydrogen-bond donors (Lipinski definition) is 1.